The molecule has 0 heterocycles. The average molecular weight is 525 g/mol. The van der Waals surface area contributed by atoms with Crippen molar-refractivity contribution in [3.8, 4) is 0 Å². The maximum Gasteiger partial charge on any atom is 0.0269 e. The Hall–Kier alpha value is -0.690. The van der Waals surface area contributed by atoms with E-state index in [1.807, 2.05) is 0 Å². The Kier molecular flexibility index (Phi) is 5.67. The smallest absolute Gasteiger partial charge is 0.0269 e. The molecule has 0 aromatic heterocycles. The number of rotatable bonds is 3. The van der Waals surface area contributed by atoms with E-state index in [4.69, 9.17) is 0 Å². The zero-order valence-electron chi connectivity index (χ0n) is 18.1. The molecule has 0 saturated carbocycles. The largest absolute Gasteiger partial charge is 0.0721 e. The third-order valence-corrected chi connectivity index (χ3v) is 8.27. The topological polar surface area (TPSA) is 0 Å². The van der Waals surface area contributed by atoms with Gasteiger partial charge in [0.25, 0.3) is 0 Å². The van der Waals surface area contributed by atoms with Crippen molar-refractivity contribution >= 4 is 6.08 Å². The second-order valence-corrected chi connectivity index (χ2v) is 9.09. The summed E-state index contributed by atoms with van der Waals surface area (Å²) in [4.78, 5) is 0. The van der Waals surface area contributed by atoms with Gasteiger partial charge in [-0.3, -0.25) is 0 Å². The maximum absolute atomic E-state index is 2.61. The predicted molar refractivity (Wildman–Crippen MR) is 114 cm³/mol. The SMILES string of the molecule is CCCC1(C2(C)C(C)=C(C)C(C)=C2C)C=Cc2cc3c(cc21)CCCC3.[Hf]. The number of hydrogen-bond acceptors (Lipinski definition) is 0. The molecule has 4 rings (SSSR count). The monoisotopic (exact) mass is 526 g/mol. The van der Waals surface area contributed by atoms with E-state index in [-0.39, 0.29) is 36.7 Å². The minimum absolute atomic E-state index is 0. The summed E-state index contributed by atoms with van der Waals surface area (Å²) in [5.41, 5.74) is 12.7. The fourth-order valence-corrected chi connectivity index (χ4v) is 6.21. The second-order valence-electron chi connectivity index (χ2n) is 9.09. The summed E-state index contributed by atoms with van der Waals surface area (Å²) >= 11 is 0. The third-order valence-electron chi connectivity index (χ3n) is 8.27. The van der Waals surface area contributed by atoms with Gasteiger partial charge < -0.3 is 0 Å². The van der Waals surface area contributed by atoms with Crippen molar-refractivity contribution in [2.75, 3.05) is 0 Å². The van der Waals surface area contributed by atoms with Gasteiger partial charge in [-0.2, -0.15) is 0 Å². The summed E-state index contributed by atoms with van der Waals surface area (Å²) in [6.45, 7) is 14.3. The molecule has 1 aromatic carbocycles. The fraction of sp³-hybridized carbons (Fsp3) is 0.538. The number of hydrogen-bond donors (Lipinski definition) is 0. The van der Waals surface area contributed by atoms with Crippen LogP contribution >= 0.6 is 0 Å². The van der Waals surface area contributed by atoms with Crippen molar-refractivity contribution in [2.45, 2.75) is 85.5 Å². The van der Waals surface area contributed by atoms with Crippen LogP contribution in [0.15, 0.2) is 40.5 Å². The summed E-state index contributed by atoms with van der Waals surface area (Å²) in [6.07, 6.45) is 12.7. The molecule has 0 nitrogen and oxygen atoms in total. The zero-order valence-corrected chi connectivity index (χ0v) is 21.6. The first kappa shape index (κ1) is 21.0. The van der Waals surface area contributed by atoms with Crippen LogP contribution in [0.2, 0.25) is 0 Å². The molecule has 1 heteroatoms. The summed E-state index contributed by atoms with van der Waals surface area (Å²) in [6, 6.07) is 5.13. The molecule has 0 saturated heterocycles. The Balaban J connectivity index is 0.00000210. The fourth-order valence-electron chi connectivity index (χ4n) is 6.21. The van der Waals surface area contributed by atoms with Crippen LogP contribution in [0.25, 0.3) is 6.08 Å². The van der Waals surface area contributed by atoms with Gasteiger partial charge in [-0.15, -0.1) is 0 Å². The molecular weight excluding hydrogens is 491 g/mol. The molecule has 1 aromatic rings. The molecule has 0 fully saturated rings. The van der Waals surface area contributed by atoms with E-state index in [1.54, 1.807) is 27.8 Å². The van der Waals surface area contributed by atoms with E-state index in [0.717, 1.165) is 0 Å². The van der Waals surface area contributed by atoms with Crippen LogP contribution in [0.3, 0.4) is 0 Å². The molecule has 0 spiro atoms. The van der Waals surface area contributed by atoms with Crippen LogP contribution in [0.5, 0.6) is 0 Å². The normalized spacial score (nSPS) is 25.6. The van der Waals surface area contributed by atoms with E-state index in [9.17, 15) is 0 Å². The number of allylic oxidation sites excluding steroid dienone is 5. The number of benzene rings is 1. The standard InChI is InChI=1S/C26H34.Hf/c1-7-13-26(25(6)19(4)17(2)18(3)20(25)5)14-12-23-15-21-10-8-9-11-22(21)16-24(23)26;/h12,14-16H,7-11,13H2,1-6H3;. The Morgan fingerprint density at radius 2 is 1.44 bits per heavy atom. The first-order chi connectivity index (χ1) is 12.4. The average Bonchev–Trinajstić information content (AvgIpc) is 3.08. The van der Waals surface area contributed by atoms with Crippen LogP contribution in [-0.4, -0.2) is 0 Å². The van der Waals surface area contributed by atoms with Gasteiger partial charge in [0, 0.05) is 36.7 Å². The molecule has 142 valence electrons. The van der Waals surface area contributed by atoms with E-state index in [2.05, 4.69) is 65.8 Å². The van der Waals surface area contributed by atoms with E-state index >= 15 is 0 Å². The number of fused-ring (bicyclic) bond motifs is 2. The zero-order chi connectivity index (χ0) is 18.7. The van der Waals surface area contributed by atoms with Crippen molar-refractivity contribution in [1.29, 1.82) is 0 Å². The van der Waals surface area contributed by atoms with Gasteiger partial charge >= 0.3 is 0 Å². The van der Waals surface area contributed by atoms with Crippen LogP contribution in [0.1, 0.15) is 89.5 Å². The van der Waals surface area contributed by atoms with Gasteiger partial charge in [0.1, 0.15) is 0 Å². The van der Waals surface area contributed by atoms with Crippen LogP contribution in [0.4, 0.5) is 0 Å². The first-order valence-electron chi connectivity index (χ1n) is 10.6. The number of aryl methyl sites for hydroxylation is 2. The van der Waals surface area contributed by atoms with Gasteiger partial charge in [0.2, 0.25) is 0 Å². The third kappa shape index (κ3) is 2.70. The van der Waals surface area contributed by atoms with E-state index in [0.29, 0.717) is 0 Å². The Bertz CT molecular complexity index is 840. The first-order valence-corrected chi connectivity index (χ1v) is 10.6. The predicted octanol–water partition coefficient (Wildman–Crippen LogP) is 7.32. The van der Waals surface area contributed by atoms with Gasteiger partial charge in [0.05, 0.1) is 0 Å². The Morgan fingerprint density at radius 1 is 0.889 bits per heavy atom. The van der Waals surface area contributed by atoms with Crippen LogP contribution in [-0.2, 0) is 44.1 Å². The molecule has 0 radical (unpaired) electrons. The minimum Gasteiger partial charge on any atom is -0.0721 e. The molecule has 27 heavy (non-hydrogen) atoms. The van der Waals surface area contributed by atoms with Gasteiger partial charge in [-0.05, 0) is 93.2 Å². The van der Waals surface area contributed by atoms with Gasteiger partial charge in [0.15, 0.2) is 0 Å². The molecule has 3 aliphatic carbocycles. The second kappa shape index (κ2) is 7.29. The molecule has 0 aliphatic heterocycles. The quantitative estimate of drug-likeness (QED) is 0.363. The van der Waals surface area contributed by atoms with Crippen molar-refractivity contribution in [1.82, 2.24) is 0 Å². The maximum atomic E-state index is 2.61. The minimum atomic E-state index is 0. The summed E-state index contributed by atoms with van der Waals surface area (Å²) < 4.78 is 0. The van der Waals surface area contributed by atoms with Crippen LogP contribution < -0.4 is 0 Å². The molecule has 1 atom stereocenters. The molecule has 0 amide bonds. The van der Waals surface area contributed by atoms with Crippen LogP contribution in [0, 0.1) is 5.41 Å². The summed E-state index contributed by atoms with van der Waals surface area (Å²) in [5.74, 6) is 0. The summed E-state index contributed by atoms with van der Waals surface area (Å²) in [7, 11) is 0. The van der Waals surface area contributed by atoms with E-state index < -0.39 is 0 Å². The Labute approximate surface area is 185 Å². The van der Waals surface area contributed by atoms with Gasteiger partial charge in [-0.1, -0.05) is 55.7 Å². The molecule has 0 bridgehead atoms. The van der Waals surface area contributed by atoms with Crippen molar-refractivity contribution in [2.24, 2.45) is 5.41 Å². The summed E-state index contributed by atoms with van der Waals surface area (Å²) in [5, 5.41) is 0. The molecule has 1 unspecified atom stereocenters. The van der Waals surface area contributed by atoms with Crippen molar-refractivity contribution in [3.63, 3.8) is 0 Å². The van der Waals surface area contributed by atoms with Crippen molar-refractivity contribution < 1.29 is 25.8 Å². The molecule has 0 N–H and O–H groups in total. The Morgan fingerprint density at radius 3 is 2.00 bits per heavy atom. The van der Waals surface area contributed by atoms with Crippen molar-refractivity contribution in [3.05, 3.63) is 62.8 Å². The van der Waals surface area contributed by atoms with E-state index in [1.165, 1.54) is 55.2 Å². The molecule has 3 aliphatic rings. The molecular formula is C26H34Hf. The van der Waals surface area contributed by atoms with Gasteiger partial charge in [-0.25, -0.2) is 0 Å².